The molecule has 1 heterocycles. The molecule has 0 saturated heterocycles. The molecule has 1 amide bonds. The molecule has 3 N–H and O–H groups in total. The smallest absolute Gasteiger partial charge is 0.228 e. The number of rotatable bonds is 4. The van der Waals surface area contributed by atoms with Crippen molar-refractivity contribution < 1.29 is 4.79 Å². The van der Waals surface area contributed by atoms with Gasteiger partial charge in [-0.25, -0.2) is 0 Å². The first-order valence-electron chi connectivity index (χ1n) is 5.09. The lowest BCUT2D eigenvalue weighted by Crippen LogP contribution is -2.26. The summed E-state index contributed by atoms with van der Waals surface area (Å²) in [4.78, 5) is 11.5. The van der Waals surface area contributed by atoms with Crippen LogP contribution >= 0.6 is 0 Å². The van der Waals surface area contributed by atoms with Gasteiger partial charge in [-0.15, -0.1) is 0 Å². The average Bonchev–Trinajstić information content (AvgIpc) is 2.65. The number of hydrogen-bond acceptors (Lipinski definition) is 3. The van der Waals surface area contributed by atoms with Gasteiger partial charge in [-0.1, -0.05) is 6.92 Å². The monoisotopic (exact) mass is 210 g/mol. The normalized spacial score (nSPS) is 12.9. The van der Waals surface area contributed by atoms with E-state index in [1.165, 1.54) is 0 Å². The minimum absolute atomic E-state index is 0.0687. The van der Waals surface area contributed by atoms with Gasteiger partial charge in [0.25, 0.3) is 0 Å². The first-order valence-corrected chi connectivity index (χ1v) is 5.09. The van der Waals surface area contributed by atoms with E-state index in [-0.39, 0.29) is 11.8 Å². The van der Waals surface area contributed by atoms with Gasteiger partial charge in [0.2, 0.25) is 5.91 Å². The Bertz CT molecular complexity index is 332. The highest BCUT2D eigenvalue weighted by atomic mass is 16.1. The summed E-state index contributed by atoms with van der Waals surface area (Å²) < 4.78 is 1.79. The van der Waals surface area contributed by atoms with Crippen molar-refractivity contribution in [3.8, 4) is 0 Å². The predicted molar refractivity (Wildman–Crippen MR) is 59.5 cm³/mol. The van der Waals surface area contributed by atoms with Crippen molar-refractivity contribution in [2.75, 3.05) is 11.9 Å². The van der Waals surface area contributed by atoms with Gasteiger partial charge in [0.05, 0.1) is 11.9 Å². The van der Waals surface area contributed by atoms with Crippen molar-refractivity contribution in [3.05, 3.63) is 12.4 Å². The number of carbonyl (C=O) groups excluding carboxylic acids is 1. The second-order valence-electron chi connectivity index (χ2n) is 3.93. The predicted octanol–water partition coefficient (Wildman–Crippen LogP) is 0.997. The molecule has 0 aliphatic carbocycles. The van der Waals surface area contributed by atoms with Crippen molar-refractivity contribution in [2.24, 2.45) is 11.7 Å². The molecule has 5 nitrogen and oxygen atoms in total. The molecule has 1 aromatic rings. The summed E-state index contributed by atoms with van der Waals surface area (Å²) in [5.74, 6) is -0.242. The largest absolute Gasteiger partial charge is 0.330 e. The molecule has 1 unspecified atom stereocenters. The lowest BCUT2D eigenvalue weighted by molar-refractivity contribution is -0.119. The van der Waals surface area contributed by atoms with Gasteiger partial charge in [0.1, 0.15) is 0 Å². The molecule has 0 aliphatic heterocycles. The molecule has 0 spiro atoms. The van der Waals surface area contributed by atoms with Gasteiger partial charge >= 0.3 is 0 Å². The third-order valence-electron chi connectivity index (χ3n) is 2.20. The molecule has 15 heavy (non-hydrogen) atoms. The van der Waals surface area contributed by atoms with E-state index in [1.807, 2.05) is 20.0 Å². The van der Waals surface area contributed by atoms with Crippen LogP contribution in [0, 0.1) is 5.92 Å². The van der Waals surface area contributed by atoms with E-state index in [2.05, 4.69) is 10.4 Å². The first kappa shape index (κ1) is 11.7. The zero-order valence-corrected chi connectivity index (χ0v) is 9.40. The number of anilines is 1. The van der Waals surface area contributed by atoms with Crippen LogP contribution in [-0.2, 0) is 4.79 Å². The van der Waals surface area contributed by atoms with Gasteiger partial charge in [-0.2, -0.15) is 5.10 Å². The molecular formula is C10H18N4O. The summed E-state index contributed by atoms with van der Waals surface area (Å²) in [6.45, 7) is 6.20. The second-order valence-corrected chi connectivity index (χ2v) is 3.93. The summed E-state index contributed by atoms with van der Waals surface area (Å²) in [7, 11) is 0. The molecule has 5 heteroatoms. The van der Waals surface area contributed by atoms with Crippen molar-refractivity contribution in [1.29, 1.82) is 0 Å². The Balaban J connectivity index is 2.61. The van der Waals surface area contributed by atoms with Crippen LogP contribution < -0.4 is 11.1 Å². The fourth-order valence-electron chi connectivity index (χ4n) is 1.06. The summed E-state index contributed by atoms with van der Waals surface area (Å²) in [5.41, 5.74) is 6.12. The van der Waals surface area contributed by atoms with Crippen LogP contribution in [0.15, 0.2) is 12.4 Å². The van der Waals surface area contributed by atoms with E-state index in [9.17, 15) is 4.79 Å². The lowest BCUT2D eigenvalue weighted by atomic mass is 10.2. The van der Waals surface area contributed by atoms with Crippen molar-refractivity contribution in [3.63, 3.8) is 0 Å². The summed E-state index contributed by atoms with van der Waals surface area (Å²) in [6, 6.07) is 0.294. The van der Waals surface area contributed by atoms with Crippen LogP contribution in [-0.4, -0.2) is 22.2 Å². The van der Waals surface area contributed by atoms with E-state index in [0.717, 1.165) is 0 Å². The maximum absolute atomic E-state index is 11.5. The van der Waals surface area contributed by atoms with E-state index < -0.39 is 0 Å². The average molecular weight is 210 g/mol. The Kier molecular flexibility index (Phi) is 3.85. The zero-order valence-electron chi connectivity index (χ0n) is 9.40. The minimum Gasteiger partial charge on any atom is -0.330 e. The molecule has 0 bridgehead atoms. The Morgan fingerprint density at radius 2 is 2.27 bits per heavy atom. The van der Waals surface area contributed by atoms with Crippen LogP contribution in [0.4, 0.5) is 5.69 Å². The highest BCUT2D eigenvalue weighted by Gasteiger charge is 2.11. The first-order chi connectivity index (χ1) is 7.04. The van der Waals surface area contributed by atoms with Gasteiger partial charge in [0, 0.05) is 24.7 Å². The van der Waals surface area contributed by atoms with E-state index in [1.54, 1.807) is 17.8 Å². The Morgan fingerprint density at radius 1 is 1.60 bits per heavy atom. The summed E-state index contributed by atoms with van der Waals surface area (Å²) in [6.07, 6.45) is 3.45. The summed E-state index contributed by atoms with van der Waals surface area (Å²) >= 11 is 0. The second kappa shape index (κ2) is 4.93. The third-order valence-corrected chi connectivity index (χ3v) is 2.20. The Morgan fingerprint density at radius 3 is 2.73 bits per heavy atom. The number of nitrogens with two attached hydrogens (primary N) is 1. The molecular weight excluding hydrogens is 192 g/mol. The lowest BCUT2D eigenvalue weighted by Gasteiger charge is -2.07. The molecule has 1 aromatic heterocycles. The number of nitrogens with one attached hydrogen (secondary N) is 1. The highest BCUT2D eigenvalue weighted by Crippen LogP contribution is 2.10. The fourth-order valence-corrected chi connectivity index (χ4v) is 1.06. The molecule has 1 rings (SSSR count). The van der Waals surface area contributed by atoms with Crippen LogP contribution in [0.3, 0.4) is 0 Å². The van der Waals surface area contributed by atoms with Gasteiger partial charge in [-0.05, 0) is 13.8 Å². The van der Waals surface area contributed by atoms with E-state index >= 15 is 0 Å². The van der Waals surface area contributed by atoms with Crippen molar-refractivity contribution >= 4 is 11.6 Å². The van der Waals surface area contributed by atoms with E-state index in [0.29, 0.717) is 18.3 Å². The molecule has 1 atom stereocenters. The zero-order chi connectivity index (χ0) is 11.4. The van der Waals surface area contributed by atoms with Crippen molar-refractivity contribution in [2.45, 2.75) is 26.8 Å². The van der Waals surface area contributed by atoms with Crippen LogP contribution in [0.1, 0.15) is 26.8 Å². The minimum atomic E-state index is -0.174. The van der Waals surface area contributed by atoms with Crippen molar-refractivity contribution in [1.82, 2.24) is 9.78 Å². The maximum atomic E-state index is 11.5. The van der Waals surface area contributed by atoms with Crippen LogP contribution in [0.25, 0.3) is 0 Å². The molecule has 0 aromatic carbocycles. The SMILES string of the molecule is CC(CN)C(=O)Nc1cnn(C(C)C)c1. The number of amides is 1. The topological polar surface area (TPSA) is 72.9 Å². The quantitative estimate of drug-likeness (QED) is 0.778. The highest BCUT2D eigenvalue weighted by molar-refractivity contribution is 5.92. The van der Waals surface area contributed by atoms with Gasteiger partial charge in [0.15, 0.2) is 0 Å². The van der Waals surface area contributed by atoms with Gasteiger partial charge in [-0.3, -0.25) is 9.48 Å². The number of nitrogens with zero attached hydrogens (tertiary/aromatic N) is 2. The number of hydrogen-bond donors (Lipinski definition) is 2. The standard InChI is InChI=1S/C10H18N4O/c1-7(2)14-6-9(5-12-14)13-10(15)8(3)4-11/h5-8H,4,11H2,1-3H3,(H,13,15). The van der Waals surface area contributed by atoms with Gasteiger partial charge < -0.3 is 11.1 Å². The van der Waals surface area contributed by atoms with Crippen LogP contribution in [0.5, 0.6) is 0 Å². The fraction of sp³-hybridized carbons (Fsp3) is 0.600. The molecule has 0 radical (unpaired) electrons. The number of aromatic nitrogens is 2. The maximum Gasteiger partial charge on any atom is 0.228 e. The molecule has 0 saturated carbocycles. The molecule has 0 aliphatic rings. The summed E-state index contributed by atoms with van der Waals surface area (Å²) in [5, 5.41) is 6.89. The molecule has 0 fully saturated rings. The Hall–Kier alpha value is -1.36. The van der Waals surface area contributed by atoms with Crippen LogP contribution in [0.2, 0.25) is 0 Å². The third kappa shape index (κ3) is 3.06. The number of carbonyl (C=O) groups is 1. The Labute approximate surface area is 89.6 Å². The molecule has 84 valence electrons. The van der Waals surface area contributed by atoms with E-state index in [4.69, 9.17) is 5.73 Å².